The standard InChI is InChI=1S/C31H33FN8O4/c1-31(2,3)44-30(42)35-23-17-21(32)13-14-22(23)34-28(41)20-11-9-19(10-12-20)7-5-15-39(4)25-18-26-36-27(24-8-6-16-43-24)38-40(26)29(33)37-25/h6,8-14,16-18H,5,7,15H2,1-4H3,(H2,33,37)(H,34,41)(H,35,42). The summed E-state index contributed by atoms with van der Waals surface area (Å²) in [5.41, 5.74) is 7.76. The molecule has 2 amide bonds. The Labute approximate surface area is 253 Å². The number of carbonyl (C=O) groups excluding carboxylic acids is 2. The van der Waals surface area contributed by atoms with E-state index in [1.807, 2.05) is 30.1 Å². The summed E-state index contributed by atoms with van der Waals surface area (Å²) >= 11 is 0. The number of anilines is 4. The first-order valence-electron chi connectivity index (χ1n) is 13.9. The molecule has 12 nitrogen and oxygen atoms in total. The summed E-state index contributed by atoms with van der Waals surface area (Å²) in [6.07, 6.45) is 2.38. The van der Waals surface area contributed by atoms with Crippen LogP contribution in [-0.2, 0) is 11.2 Å². The van der Waals surface area contributed by atoms with E-state index in [1.54, 1.807) is 51.3 Å². The minimum absolute atomic E-state index is 0.0886. The molecule has 2 aromatic carbocycles. The summed E-state index contributed by atoms with van der Waals surface area (Å²) < 4.78 is 26.0. The van der Waals surface area contributed by atoms with E-state index in [9.17, 15) is 14.0 Å². The highest BCUT2D eigenvalue weighted by atomic mass is 19.1. The number of rotatable bonds is 9. The lowest BCUT2D eigenvalue weighted by Crippen LogP contribution is -2.27. The summed E-state index contributed by atoms with van der Waals surface area (Å²) in [6, 6.07) is 16.3. The minimum Gasteiger partial charge on any atom is -0.461 e. The molecule has 13 heteroatoms. The lowest BCUT2D eigenvalue weighted by atomic mass is 10.1. The lowest BCUT2D eigenvalue weighted by molar-refractivity contribution is 0.0635. The van der Waals surface area contributed by atoms with Crippen LogP contribution < -0.4 is 21.3 Å². The number of aryl methyl sites for hydroxylation is 1. The largest absolute Gasteiger partial charge is 0.461 e. The van der Waals surface area contributed by atoms with Gasteiger partial charge < -0.3 is 25.1 Å². The van der Waals surface area contributed by atoms with Crippen molar-refractivity contribution in [3.05, 3.63) is 83.9 Å². The van der Waals surface area contributed by atoms with E-state index in [-0.39, 0.29) is 17.3 Å². The molecule has 3 heterocycles. The highest BCUT2D eigenvalue weighted by Crippen LogP contribution is 2.25. The van der Waals surface area contributed by atoms with Gasteiger partial charge in [0.1, 0.15) is 17.2 Å². The highest BCUT2D eigenvalue weighted by Gasteiger charge is 2.19. The van der Waals surface area contributed by atoms with Gasteiger partial charge in [0.05, 0.1) is 17.6 Å². The van der Waals surface area contributed by atoms with Crippen LogP contribution in [0.15, 0.2) is 71.3 Å². The first-order chi connectivity index (χ1) is 20.9. The third-order valence-corrected chi connectivity index (χ3v) is 6.51. The number of hydrogen-bond donors (Lipinski definition) is 3. The molecule has 0 unspecified atom stereocenters. The second-order valence-corrected chi connectivity index (χ2v) is 11.1. The van der Waals surface area contributed by atoms with Crippen molar-refractivity contribution < 1.29 is 23.1 Å². The van der Waals surface area contributed by atoms with Gasteiger partial charge in [-0.3, -0.25) is 10.1 Å². The van der Waals surface area contributed by atoms with Crippen molar-refractivity contribution in [3.63, 3.8) is 0 Å². The van der Waals surface area contributed by atoms with E-state index in [0.29, 0.717) is 35.2 Å². The van der Waals surface area contributed by atoms with Gasteiger partial charge in [-0.2, -0.15) is 9.50 Å². The van der Waals surface area contributed by atoms with Crippen molar-refractivity contribution in [2.45, 2.75) is 39.2 Å². The van der Waals surface area contributed by atoms with Crippen LogP contribution in [-0.4, -0.2) is 50.8 Å². The van der Waals surface area contributed by atoms with Crippen molar-refractivity contribution >= 4 is 40.8 Å². The Hall–Kier alpha value is -5.46. The Bertz CT molecular complexity index is 1780. The van der Waals surface area contributed by atoms with Crippen molar-refractivity contribution in [1.82, 2.24) is 19.6 Å². The van der Waals surface area contributed by atoms with Gasteiger partial charge in [-0.1, -0.05) is 12.1 Å². The smallest absolute Gasteiger partial charge is 0.412 e. The van der Waals surface area contributed by atoms with Crippen LogP contribution in [0.1, 0.15) is 43.1 Å². The van der Waals surface area contributed by atoms with Crippen LogP contribution in [0.2, 0.25) is 0 Å². The molecule has 44 heavy (non-hydrogen) atoms. The number of nitrogen functional groups attached to an aromatic ring is 1. The summed E-state index contributed by atoms with van der Waals surface area (Å²) in [5.74, 6) is 0.885. The Morgan fingerprint density at radius 2 is 1.82 bits per heavy atom. The molecular weight excluding hydrogens is 567 g/mol. The molecule has 4 N–H and O–H groups in total. The first-order valence-corrected chi connectivity index (χ1v) is 13.9. The Balaban J connectivity index is 1.17. The van der Waals surface area contributed by atoms with E-state index in [2.05, 4.69) is 25.7 Å². The first kappa shape index (κ1) is 30.0. The molecule has 0 radical (unpaired) electrons. The fourth-order valence-corrected chi connectivity index (χ4v) is 4.40. The quantitative estimate of drug-likeness (QED) is 0.191. The number of ether oxygens (including phenoxy) is 1. The maximum atomic E-state index is 13.9. The van der Waals surface area contributed by atoms with Crippen LogP contribution >= 0.6 is 0 Å². The van der Waals surface area contributed by atoms with Gasteiger partial charge in [0.25, 0.3) is 5.91 Å². The zero-order chi connectivity index (χ0) is 31.4. The maximum Gasteiger partial charge on any atom is 0.412 e. The van der Waals surface area contributed by atoms with E-state index in [4.69, 9.17) is 14.9 Å². The second kappa shape index (κ2) is 12.4. The molecule has 0 spiro atoms. The van der Waals surface area contributed by atoms with Crippen molar-refractivity contribution in [2.75, 3.05) is 34.9 Å². The molecular formula is C31H33FN8O4. The number of carbonyl (C=O) groups is 2. The molecule has 5 rings (SSSR count). The molecule has 0 aliphatic rings. The number of hydrogen-bond acceptors (Lipinski definition) is 9. The van der Waals surface area contributed by atoms with Gasteiger partial charge in [0.15, 0.2) is 11.4 Å². The van der Waals surface area contributed by atoms with Gasteiger partial charge in [0, 0.05) is 25.2 Å². The predicted octanol–water partition coefficient (Wildman–Crippen LogP) is 5.77. The zero-order valence-corrected chi connectivity index (χ0v) is 24.8. The van der Waals surface area contributed by atoms with Gasteiger partial charge in [-0.05, 0) is 81.6 Å². The lowest BCUT2D eigenvalue weighted by Gasteiger charge is -2.20. The number of fused-ring (bicyclic) bond motifs is 1. The van der Waals surface area contributed by atoms with Gasteiger partial charge in [-0.15, -0.1) is 5.10 Å². The Kier molecular flexibility index (Phi) is 8.47. The third kappa shape index (κ3) is 7.30. The maximum absolute atomic E-state index is 13.9. The highest BCUT2D eigenvalue weighted by molar-refractivity contribution is 6.06. The number of nitrogens with one attached hydrogen (secondary N) is 2. The molecule has 0 atom stereocenters. The molecule has 0 fully saturated rings. The van der Waals surface area contributed by atoms with Crippen molar-refractivity contribution in [1.29, 1.82) is 0 Å². The van der Waals surface area contributed by atoms with E-state index >= 15 is 0 Å². The summed E-state index contributed by atoms with van der Waals surface area (Å²) in [5, 5.41) is 9.59. The fourth-order valence-electron chi connectivity index (χ4n) is 4.40. The number of halogens is 1. The molecule has 0 saturated heterocycles. The Morgan fingerprint density at radius 3 is 2.52 bits per heavy atom. The number of amides is 2. The zero-order valence-electron chi connectivity index (χ0n) is 24.8. The average Bonchev–Trinajstić information content (AvgIpc) is 3.64. The van der Waals surface area contributed by atoms with Crippen LogP contribution in [0, 0.1) is 5.82 Å². The number of benzene rings is 2. The molecule has 0 saturated carbocycles. The molecule has 228 valence electrons. The summed E-state index contributed by atoms with van der Waals surface area (Å²) in [4.78, 5) is 36.1. The SMILES string of the molecule is CN(CCCc1ccc(C(=O)Nc2ccc(F)cc2NC(=O)OC(C)(C)C)cc1)c1cc2nc(-c3ccco3)nn2c(N)n1. The fraction of sp³-hybridized carbons (Fsp3) is 0.258. The van der Waals surface area contributed by atoms with Crippen LogP contribution in [0.4, 0.5) is 32.3 Å². The predicted molar refractivity (Wildman–Crippen MR) is 165 cm³/mol. The Morgan fingerprint density at radius 1 is 1.05 bits per heavy atom. The molecule has 0 aliphatic carbocycles. The summed E-state index contributed by atoms with van der Waals surface area (Å²) in [7, 11) is 1.93. The van der Waals surface area contributed by atoms with Crippen LogP contribution in [0.5, 0.6) is 0 Å². The van der Waals surface area contributed by atoms with Crippen molar-refractivity contribution in [2.24, 2.45) is 0 Å². The number of aromatic nitrogens is 4. The monoisotopic (exact) mass is 600 g/mol. The summed E-state index contributed by atoms with van der Waals surface area (Å²) in [6.45, 7) is 5.85. The average molecular weight is 601 g/mol. The van der Waals surface area contributed by atoms with Crippen molar-refractivity contribution in [3.8, 4) is 11.6 Å². The molecule has 3 aromatic heterocycles. The number of nitrogens with two attached hydrogens (primary N) is 1. The van der Waals surface area contributed by atoms with Gasteiger partial charge in [-0.25, -0.2) is 14.2 Å². The number of furan rings is 1. The van der Waals surface area contributed by atoms with Gasteiger partial charge >= 0.3 is 6.09 Å². The molecule has 0 bridgehead atoms. The molecule has 0 aliphatic heterocycles. The second-order valence-electron chi connectivity index (χ2n) is 11.1. The minimum atomic E-state index is -0.758. The third-order valence-electron chi connectivity index (χ3n) is 6.51. The van der Waals surface area contributed by atoms with E-state index in [1.165, 1.54) is 16.6 Å². The normalized spacial score (nSPS) is 11.4. The van der Waals surface area contributed by atoms with Crippen LogP contribution in [0.3, 0.4) is 0 Å². The van der Waals surface area contributed by atoms with E-state index < -0.39 is 23.4 Å². The van der Waals surface area contributed by atoms with Crippen LogP contribution in [0.25, 0.3) is 17.2 Å². The van der Waals surface area contributed by atoms with E-state index in [0.717, 1.165) is 24.5 Å². The van der Waals surface area contributed by atoms with Gasteiger partial charge in [0.2, 0.25) is 11.8 Å². The topological polar surface area (TPSA) is 153 Å². The molecule has 5 aromatic rings. The number of nitrogens with zero attached hydrogens (tertiary/aromatic N) is 5.